The molecule has 0 saturated carbocycles. The van der Waals surface area contributed by atoms with E-state index in [1.165, 1.54) is 11.3 Å². The second-order valence-electron chi connectivity index (χ2n) is 3.61. The van der Waals surface area contributed by atoms with Crippen molar-refractivity contribution in [1.29, 1.82) is 0 Å². The molecule has 0 saturated heterocycles. The van der Waals surface area contributed by atoms with Crippen molar-refractivity contribution in [2.24, 2.45) is 0 Å². The minimum atomic E-state index is -0.256. The van der Waals surface area contributed by atoms with Crippen LogP contribution in [0, 0.1) is 6.92 Å². The Morgan fingerprint density at radius 3 is 2.82 bits per heavy atom. The summed E-state index contributed by atoms with van der Waals surface area (Å²) < 4.78 is 11.4. The van der Waals surface area contributed by atoms with Gasteiger partial charge in [0, 0.05) is 10.1 Å². The maximum Gasteiger partial charge on any atom is 0.348 e. The normalized spacial score (nSPS) is 10.5. The SMILES string of the molecule is CCOC(=O)c1sc2cccc(OC)c2c1C. The molecule has 17 heavy (non-hydrogen) atoms. The number of hydrogen-bond acceptors (Lipinski definition) is 4. The third kappa shape index (κ3) is 2.00. The van der Waals surface area contributed by atoms with Crippen LogP contribution < -0.4 is 4.74 Å². The summed E-state index contributed by atoms with van der Waals surface area (Å²) in [5.74, 6) is 0.542. The smallest absolute Gasteiger partial charge is 0.348 e. The molecule has 1 heterocycles. The van der Waals surface area contributed by atoms with E-state index in [4.69, 9.17) is 9.47 Å². The van der Waals surface area contributed by atoms with Crippen LogP contribution in [0.3, 0.4) is 0 Å². The molecule has 0 bridgehead atoms. The molecule has 0 aliphatic heterocycles. The van der Waals surface area contributed by atoms with Crippen molar-refractivity contribution in [3.8, 4) is 5.75 Å². The molecule has 4 heteroatoms. The molecule has 0 amide bonds. The maximum absolute atomic E-state index is 11.8. The van der Waals surface area contributed by atoms with Crippen LogP contribution in [0.2, 0.25) is 0 Å². The average molecular weight is 250 g/mol. The summed E-state index contributed by atoms with van der Waals surface area (Å²) in [6.45, 7) is 4.12. The first-order valence-electron chi connectivity index (χ1n) is 5.42. The van der Waals surface area contributed by atoms with E-state index in [9.17, 15) is 4.79 Å². The van der Waals surface area contributed by atoms with Crippen molar-refractivity contribution < 1.29 is 14.3 Å². The van der Waals surface area contributed by atoms with Crippen LogP contribution in [0.1, 0.15) is 22.2 Å². The van der Waals surface area contributed by atoms with Crippen LogP contribution in [-0.4, -0.2) is 19.7 Å². The maximum atomic E-state index is 11.8. The van der Waals surface area contributed by atoms with Gasteiger partial charge in [-0.05, 0) is 31.5 Å². The Labute approximate surface area is 104 Å². The zero-order chi connectivity index (χ0) is 12.4. The van der Waals surface area contributed by atoms with E-state index < -0.39 is 0 Å². The third-order valence-corrected chi connectivity index (χ3v) is 3.83. The number of rotatable bonds is 3. The Morgan fingerprint density at radius 2 is 2.18 bits per heavy atom. The van der Waals surface area contributed by atoms with Crippen LogP contribution in [0.15, 0.2) is 18.2 Å². The van der Waals surface area contributed by atoms with Crippen LogP contribution >= 0.6 is 11.3 Å². The Hall–Kier alpha value is -1.55. The zero-order valence-electron chi connectivity index (χ0n) is 10.1. The van der Waals surface area contributed by atoms with E-state index in [0.29, 0.717) is 11.5 Å². The number of thiophene rings is 1. The molecule has 0 fully saturated rings. The lowest BCUT2D eigenvalue weighted by atomic mass is 10.1. The number of carbonyl (C=O) groups excluding carboxylic acids is 1. The first-order chi connectivity index (χ1) is 8.19. The molecule has 0 atom stereocenters. The van der Waals surface area contributed by atoms with Crippen molar-refractivity contribution in [3.05, 3.63) is 28.6 Å². The summed E-state index contributed by atoms with van der Waals surface area (Å²) in [5, 5.41) is 1.00. The minimum Gasteiger partial charge on any atom is -0.496 e. The Kier molecular flexibility index (Phi) is 3.33. The molecule has 0 aliphatic carbocycles. The summed E-state index contributed by atoms with van der Waals surface area (Å²) in [6.07, 6.45) is 0. The molecule has 3 nitrogen and oxygen atoms in total. The molecular weight excluding hydrogens is 236 g/mol. The summed E-state index contributed by atoms with van der Waals surface area (Å²) in [7, 11) is 1.63. The molecule has 1 aromatic carbocycles. The average Bonchev–Trinajstić information content (AvgIpc) is 2.67. The molecule has 0 spiro atoms. The van der Waals surface area contributed by atoms with Crippen molar-refractivity contribution in [2.45, 2.75) is 13.8 Å². The number of carbonyl (C=O) groups is 1. The van der Waals surface area contributed by atoms with Gasteiger partial charge in [0.05, 0.1) is 13.7 Å². The zero-order valence-corrected chi connectivity index (χ0v) is 10.9. The van der Waals surface area contributed by atoms with Crippen molar-refractivity contribution in [3.63, 3.8) is 0 Å². The predicted molar refractivity (Wildman–Crippen MR) is 69.1 cm³/mol. The first kappa shape index (κ1) is 11.9. The fourth-order valence-corrected chi connectivity index (χ4v) is 2.95. The van der Waals surface area contributed by atoms with Gasteiger partial charge in [-0.15, -0.1) is 11.3 Å². The number of hydrogen-bond donors (Lipinski definition) is 0. The van der Waals surface area contributed by atoms with Crippen LogP contribution in [0.5, 0.6) is 5.75 Å². The number of methoxy groups -OCH3 is 1. The van der Waals surface area contributed by atoms with Crippen LogP contribution in [0.25, 0.3) is 10.1 Å². The van der Waals surface area contributed by atoms with E-state index in [2.05, 4.69) is 0 Å². The van der Waals surface area contributed by atoms with Crippen molar-refractivity contribution in [1.82, 2.24) is 0 Å². The highest BCUT2D eigenvalue weighted by Gasteiger charge is 2.18. The second-order valence-corrected chi connectivity index (χ2v) is 4.66. The summed E-state index contributed by atoms with van der Waals surface area (Å²) >= 11 is 1.45. The van der Waals surface area contributed by atoms with Gasteiger partial charge in [-0.25, -0.2) is 4.79 Å². The fraction of sp³-hybridized carbons (Fsp3) is 0.308. The van der Waals surface area contributed by atoms with E-state index >= 15 is 0 Å². The van der Waals surface area contributed by atoms with Crippen LogP contribution in [-0.2, 0) is 4.74 Å². The highest BCUT2D eigenvalue weighted by atomic mass is 32.1. The highest BCUT2D eigenvalue weighted by molar-refractivity contribution is 7.21. The predicted octanol–water partition coefficient (Wildman–Crippen LogP) is 3.40. The van der Waals surface area contributed by atoms with Gasteiger partial charge in [-0.1, -0.05) is 6.07 Å². The van der Waals surface area contributed by atoms with Gasteiger partial charge in [-0.3, -0.25) is 0 Å². The van der Waals surface area contributed by atoms with Gasteiger partial charge in [0.15, 0.2) is 0 Å². The molecule has 2 aromatic rings. The summed E-state index contributed by atoms with van der Waals surface area (Å²) in [5.41, 5.74) is 0.931. The quantitative estimate of drug-likeness (QED) is 0.783. The molecule has 0 unspecified atom stereocenters. The number of benzene rings is 1. The van der Waals surface area contributed by atoms with Gasteiger partial charge in [0.25, 0.3) is 0 Å². The molecule has 2 rings (SSSR count). The molecule has 0 aliphatic rings. The van der Waals surface area contributed by atoms with Gasteiger partial charge in [-0.2, -0.15) is 0 Å². The van der Waals surface area contributed by atoms with Gasteiger partial charge >= 0.3 is 5.97 Å². The van der Waals surface area contributed by atoms with Crippen molar-refractivity contribution >= 4 is 27.4 Å². The number of fused-ring (bicyclic) bond motifs is 1. The monoisotopic (exact) mass is 250 g/mol. The van der Waals surface area contributed by atoms with E-state index in [1.807, 2.05) is 25.1 Å². The molecule has 1 aromatic heterocycles. The molecule has 0 radical (unpaired) electrons. The summed E-state index contributed by atoms with van der Waals surface area (Å²) in [4.78, 5) is 12.4. The standard InChI is InChI=1S/C13H14O3S/c1-4-16-13(14)12-8(2)11-9(15-3)6-5-7-10(11)17-12/h5-7H,4H2,1-3H3. The Balaban J connectivity index is 2.61. The lowest BCUT2D eigenvalue weighted by Gasteiger charge is -2.02. The summed E-state index contributed by atoms with van der Waals surface area (Å²) in [6, 6.07) is 5.81. The largest absolute Gasteiger partial charge is 0.496 e. The lowest BCUT2D eigenvalue weighted by Crippen LogP contribution is -2.03. The number of aryl methyl sites for hydroxylation is 1. The van der Waals surface area contributed by atoms with E-state index in [1.54, 1.807) is 14.0 Å². The van der Waals surface area contributed by atoms with Crippen molar-refractivity contribution in [2.75, 3.05) is 13.7 Å². The molecular formula is C13H14O3S. The van der Waals surface area contributed by atoms with Gasteiger partial charge < -0.3 is 9.47 Å². The second kappa shape index (κ2) is 4.75. The number of ether oxygens (including phenoxy) is 2. The van der Waals surface area contributed by atoms with Gasteiger partial charge in [0.2, 0.25) is 0 Å². The Bertz CT molecular complexity index is 557. The Morgan fingerprint density at radius 1 is 1.41 bits per heavy atom. The molecule has 90 valence electrons. The highest BCUT2D eigenvalue weighted by Crippen LogP contribution is 2.37. The third-order valence-electron chi connectivity index (χ3n) is 2.60. The van der Waals surface area contributed by atoms with Gasteiger partial charge in [0.1, 0.15) is 10.6 Å². The minimum absolute atomic E-state index is 0.256. The van der Waals surface area contributed by atoms with E-state index in [0.717, 1.165) is 21.4 Å². The van der Waals surface area contributed by atoms with Crippen LogP contribution in [0.4, 0.5) is 0 Å². The molecule has 0 N–H and O–H groups in total. The number of esters is 1. The van der Waals surface area contributed by atoms with E-state index in [-0.39, 0.29) is 5.97 Å². The first-order valence-corrected chi connectivity index (χ1v) is 6.24. The fourth-order valence-electron chi connectivity index (χ4n) is 1.83. The topological polar surface area (TPSA) is 35.5 Å². The lowest BCUT2D eigenvalue weighted by molar-refractivity contribution is 0.0531.